The van der Waals surface area contributed by atoms with Crippen molar-refractivity contribution in [3.05, 3.63) is 23.8 Å². The Kier molecular flexibility index (Phi) is 5.05. The third-order valence-electron chi connectivity index (χ3n) is 3.68. The van der Waals surface area contributed by atoms with Gasteiger partial charge in [-0.3, -0.25) is 0 Å². The SMILES string of the molecule is COc1cccc(C(CN)NCCC2CC2)c1OC. The number of nitrogens with one attached hydrogen (secondary N) is 1. The summed E-state index contributed by atoms with van der Waals surface area (Å²) in [6.07, 6.45) is 4.01. The van der Waals surface area contributed by atoms with Crippen molar-refractivity contribution in [2.75, 3.05) is 27.3 Å². The second-order valence-electron chi connectivity index (χ2n) is 5.06. The van der Waals surface area contributed by atoms with E-state index in [1.807, 2.05) is 18.2 Å². The zero-order chi connectivity index (χ0) is 13.7. The van der Waals surface area contributed by atoms with Gasteiger partial charge in [-0.05, 0) is 24.9 Å². The Balaban J connectivity index is 2.06. The summed E-state index contributed by atoms with van der Waals surface area (Å²) in [6, 6.07) is 6.04. The molecular weight excluding hydrogens is 240 g/mol. The number of ether oxygens (including phenoxy) is 2. The fraction of sp³-hybridized carbons (Fsp3) is 0.600. The average Bonchev–Trinajstić information content (AvgIpc) is 3.27. The van der Waals surface area contributed by atoms with Crippen LogP contribution in [0.3, 0.4) is 0 Å². The minimum atomic E-state index is 0.115. The molecule has 1 aromatic rings. The zero-order valence-corrected chi connectivity index (χ0v) is 11.8. The molecule has 3 N–H and O–H groups in total. The number of hydrogen-bond donors (Lipinski definition) is 2. The summed E-state index contributed by atoms with van der Waals surface area (Å²) in [5.41, 5.74) is 6.96. The summed E-state index contributed by atoms with van der Waals surface area (Å²) in [6.45, 7) is 1.56. The molecule has 0 saturated heterocycles. The van der Waals surface area contributed by atoms with E-state index in [1.165, 1.54) is 19.3 Å². The lowest BCUT2D eigenvalue weighted by molar-refractivity contribution is 0.346. The van der Waals surface area contributed by atoms with E-state index >= 15 is 0 Å². The minimum Gasteiger partial charge on any atom is -0.493 e. The van der Waals surface area contributed by atoms with E-state index in [1.54, 1.807) is 14.2 Å². The molecule has 4 heteroatoms. The Morgan fingerprint density at radius 2 is 2.11 bits per heavy atom. The number of rotatable bonds is 8. The van der Waals surface area contributed by atoms with Crippen LogP contribution in [0.4, 0.5) is 0 Å². The van der Waals surface area contributed by atoms with Gasteiger partial charge in [0.2, 0.25) is 0 Å². The van der Waals surface area contributed by atoms with Gasteiger partial charge in [0.05, 0.1) is 14.2 Å². The van der Waals surface area contributed by atoms with Gasteiger partial charge in [0.1, 0.15) is 0 Å². The summed E-state index contributed by atoms with van der Waals surface area (Å²) in [5.74, 6) is 2.46. The first-order chi connectivity index (χ1) is 9.30. The fourth-order valence-electron chi connectivity index (χ4n) is 2.37. The Morgan fingerprint density at radius 3 is 2.68 bits per heavy atom. The maximum Gasteiger partial charge on any atom is 0.165 e. The van der Waals surface area contributed by atoms with Crippen molar-refractivity contribution >= 4 is 0 Å². The zero-order valence-electron chi connectivity index (χ0n) is 11.8. The molecule has 0 spiro atoms. The van der Waals surface area contributed by atoms with Crippen LogP contribution in [-0.4, -0.2) is 27.3 Å². The normalized spacial score (nSPS) is 16.2. The fourth-order valence-corrected chi connectivity index (χ4v) is 2.37. The van der Waals surface area contributed by atoms with Crippen molar-refractivity contribution in [1.82, 2.24) is 5.32 Å². The van der Waals surface area contributed by atoms with Crippen molar-refractivity contribution < 1.29 is 9.47 Å². The third kappa shape index (κ3) is 3.61. The van der Waals surface area contributed by atoms with Crippen LogP contribution < -0.4 is 20.5 Å². The van der Waals surface area contributed by atoms with Gasteiger partial charge in [-0.1, -0.05) is 25.0 Å². The van der Waals surface area contributed by atoms with E-state index in [0.717, 1.165) is 29.5 Å². The van der Waals surface area contributed by atoms with Crippen molar-refractivity contribution in [2.45, 2.75) is 25.3 Å². The molecule has 0 amide bonds. The highest BCUT2D eigenvalue weighted by Crippen LogP contribution is 2.35. The highest BCUT2D eigenvalue weighted by Gasteiger charge is 2.22. The number of hydrogen-bond acceptors (Lipinski definition) is 4. The summed E-state index contributed by atoms with van der Waals surface area (Å²) in [4.78, 5) is 0. The topological polar surface area (TPSA) is 56.5 Å². The summed E-state index contributed by atoms with van der Waals surface area (Å²) < 4.78 is 10.8. The van der Waals surface area contributed by atoms with Crippen LogP contribution in [0.1, 0.15) is 30.9 Å². The van der Waals surface area contributed by atoms with Gasteiger partial charge in [0, 0.05) is 18.2 Å². The summed E-state index contributed by atoms with van der Waals surface area (Å²) in [5, 5.41) is 3.52. The molecule has 1 fully saturated rings. The van der Waals surface area contributed by atoms with Crippen LogP contribution in [0.15, 0.2) is 18.2 Å². The molecule has 0 bridgehead atoms. The molecule has 4 nitrogen and oxygen atoms in total. The molecule has 0 heterocycles. The molecule has 1 aliphatic rings. The van der Waals surface area contributed by atoms with Crippen LogP contribution >= 0.6 is 0 Å². The van der Waals surface area contributed by atoms with Gasteiger partial charge in [-0.25, -0.2) is 0 Å². The monoisotopic (exact) mass is 264 g/mol. The quantitative estimate of drug-likeness (QED) is 0.755. The Labute approximate surface area is 115 Å². The second-order valence-corrected chi connectivity index (χ2v) is 5.06. The molecule has 0 radical (unpaired) electrons. The van der Waals surface area contributed by atoms with Crippen molar-refractivity contribution in [3.63, 3.8) is 0 Å². The number of methoxy groups -OCH3 is 2. The molecule has 0 aliphatic heterocycles. The minimum absolute atomic E-state index is 0.115. The van der Waals surface area contributed by atoms with E-state index in [-0.39, 0.29) is 6.04 Å². The number of para-hydroxylation sites is 1. The first kappa shape index (κ1) is 14.2. The molecule has 1 saturated carbocycles. The molecule has 1 aliphatic carbocycles. The molecule has 1 unspecified atom stereocenters. The van der Waals surface area contributed by atoms with E-state index in [0.29, 0.717) is 6.54 Å². The van der Waals surface area contributed by atoms with Gasteiger partial charge in [-0.15, -0.1) is 0 Å². The van der Waals surface area contributed by atoms with Gasteiger partial charge < -0.3 is 20.5 Å². The van der Waals surface area contributed by atoms with Gasteiger partial charge in [-0.2, -0.15) is 0 Å². The first-order valence-electron chi connectivity index (χ1n) is 6.94. The molecule has 1 atom stereocenters. The standard InChI is InChI=1S/C15H24N2O2/c1-18-14-5-3-4-12(15(14)19-2)13(10-16)17-9-8-11-6-7-11/h3-5,11,13,17H,6-10,16H2,1-2H3. The van der Waals surface area contributed by atoms with E-state index < -0.39 is 0 Å². The maximum absolute atomic E-state index is 5.89. The van der Waals surface area contributed by atoms with Crippen molar-refractivity contribution in [3.8, 4) is 11.5 Å². The van der Waals surface area contributed by atoms with Crippen LogP contribution in [0, 0.1) is 5.92 Å². The van der Waals surface area contributed by atoms with Crippen LogP contribution in [0.2, 0.25) is 0 Å². The van der Waals surface area contributed by atoms with Crippen molar-refractivity contribution in [1.29, 1.82) is 0 Å². The predicted molar refractivity (Wildman–Crippen MR) is 76.7 cm³/mol. The summed E-state index contributed by atoms with van der Waals surface area (Å²) >= 11 is 0. The number of nitrogens with two attached hydrogens (primary N) is 1. The predicted octanol–water partition coefficient (Wildman–Crippen LogP) is 2.09. The van der Waals surface area contributed by atoms with Crippen LogP contribution in [0.5, 0.6) is 11.5 Å². The van der Waals surface area contributed by atoms with Gasteiger partial charge in [0.25, 0.3) is 0 Å². The molecule has 0 aromatic heterocycles. The molecule has 2 rings (SSSR count). The van der Waals surface area contributed by atoms with E-state index in [9.17, 15) is 0 Å². The van der Waals surface area contributed by atoms with Crippen LogP contribution in [-0.2, 0) is 0 Å². The second kappa shape index (κ2) is 6.78. The smallest absolute Gasteiger partial charge is 0.165 e. The van der Waals surface area contributed by atoms with Crippen molar-refractivity contribution in [2.24, 2.45) is 11.7 Å². The Hall–Kier alpha value is -1.26. The third-order valence-corrected chi connectivity index (χ3v) is 3.68. The van der Waals surface area contributed by atoms with E-state index in [4.69, 9.17) is 15.2 Å². The lowest BCUT2D eigenvalue weighted by atomic mass is 10.0. The van der Waals surface area contributed by atoms with Gasteiger partial charge in [0.15, 0.2) is 11.5 Å². The lowest BCUT2D eigenvalue weighted by Gasteiger charge is -2.21. The largest absolute Gasteiger partial charge is 0.493 e. The molecular formula is C15H24N2O2. The Morgan fingerprint density at radius 1 is 1.32 bits per heavy atom. The first-order valence-corrected chi connectivity index (χ1v) is 6.94. The van der Waals surface area contributed by atoms with Gasteiger partial charge >= 0.3 is 0 Å². The molecule has 19 heavy (non-hydrogen) atoms. The highest BCUT2D eigenvalue weighted by molar-refractivity contribution is 5.48. The molecule has 1 aromatic carbocycles. The van der Waals surface area contributed by atoms with Crippen LogP contribution in [0.25, 0.3) is 0 Å². The summed E-state index contributed by atoms with van der Waals surface area (Å²) in [7, 11) is 3.32. The van der Waals surface area contributed by atoms with E-state index in [2.05, 4.69) is 5.32 Å². The Bertz CT molecular complexity index is 405. The lowest BCUT2D eigenvalue weighted by Crippen LogP contribution is -2.29. The number of benzene rings is 1. The molecule has 106 valence electrons. The highest BCUT2D eigenvalue weighted by atomic mass is 16.5. The average molecular weight is 264 g/mol. The maximum atomic E-state index is 5.89.